The van der Waals surface area contributed by atoms with E-state index in [9.17, 15) is 4.79 Å². The maximum absolute atomic E-state index is 12.5. The van der Waals surface area contributed by atoms with Crippen molar-refractivity contribution in [1.82, 2.24) is 0 Å². The van der Waals surface area contributed by atoms with Crippen LogP contribution >= 0.6 is 0 Å². The number of anilines is 1. The molecular weight excluding hydrogens is 290 g/mol. The molecular formula is C19H29NO3. The van der Waals surface area contributed by atoms with Crippen LogP contribution in [0.3, 0.4) is 0 Å². The summed E-state index contributed by atoms with van der Waals surface area (Å²) in [4.78, 5) is 14.7. The Balaban J connectivity index is 2.64. The van der Waals surface area contributed by atoms with Gasteiger partial charge in [-0.3, -0.25) is 0 Å². The monoisotopic (exact) mass is 319 g/mol. The SMILES string of the molecule is COC(=O)C(C(C)C)N1c2cc(OC)ccc2C(C)CC1(C)C. The van der Waals surface area contributed by atoms with E-state index in [0.29, 0.717) is 5.92 Å². The Labute approximate surface area is 139 Å². The maximum atomic E-state index is 12.5. The highest BCUT2D eigenvalue weighted by Gasteiger charge is 2.44. The van der Waals surface area contributed by atoms with Crippen LogP contribution in [0.15, 0.2) is 18.2 Å². The Hall–Kier alpha value is -1.71. The van der Waals surface area contributed by atoms with Crippen molar-refractivity contribution in [2.75, 3.05) is 19.1 Å². The zero-order valence-corrected chi connectivity index (χ0v) is 15.3. The highest BCUT2D eigenvalue weighted by atomic mass is 16.5. The molecule has 2 unspecified atom stereocenters. The molecule has 4 nitrogen and oxygen atoms in total. The minimum absolute atomic E-state index is 0.137. The lowest BCUT2D eigenvalue weighted by Gasteiger charge is -2.51. The van der Waals surface area contributed by atoms with E-state index in [4.69, 9.17) is 9.47 Å². The molecule has 2 atom stereocenters. The minimum atomic E-state index is -0.312. The summed E-state index contributed by atoms with van der Waals surface area (Å²) in [6, 6.07) is 5.85. The fraction of sp³-hybridized carbons (Fsp3) is 0.632. The minimum Gasteiger partial charge on any atom is -0.497 e. The fourth-order valence-electron chi connectivity index (χ4n) is 3.88. The summed E-state index contributed by atoms with van der Waals surface area (Å²) in [7, 11) is 3.13. The molecule has 1 aromatic rings. The molecule has 0 bridgehead atoms. The molecule has 23 heavy (non-hydrogen) atoms. The standard InChI is InChI=1S/C19H29NO3/c1-12(2)17(18(21)23-7)20-16-10-14(22-6)8-9-15(16)13(3)11-19(20,4)5/h8-10,12-13,17H,11H2,1-7H3. The number of hydrogen-bond donors (Lipinski definition) is 0. The van der Waals surface area contributed by atoms with Gasteiger partial charge in [0, 0.05) is 17.3 Å². The van der Waals surface area contributed by atoms with Crippen molar-refractivity contribution in [2.24, 2.45) is 5.92 Å². The van der Waals surface area contributed by atoms with Crippen LogP contribution in [0.1, 0.15) is 52.5 Å². The Kier molecular flexibility index (Phi) is 4.92. The van der Waals surface area contributed by atoms with Gasteiger partial charge in [-0.2, -0.15) is 0 Å². The van der Waals surface area contributed by atoms with E-state index in [1.165, 1.54) is 12.7 Å². The van der Waals surface area contributed by atoms with Gasteiger partial charge < -0.3 is 14.4 Å². The lowest BCUT2D eigenvalue weighted by molar-refractivity contribution is -0.143. The van der Waals surface area contributed by atoms with Gasteiger partial charge in [-0.05, 0) is 43.7 Å². The largest absolute Gasteiger partial charge is 0.497 e. The highest BCUT2D eigenvalue weighted by Crippen LogP contribution is 2.46. The zero-order valence-electron chi connectivity index (χ0n) is 15.3. The van der Waals surface area contributed by atoms with Gasteiger partial charge in [0.1, 0.15) is 11.8 Å². The normalized spacial score (nSPS) is 20.9. The Morgan fingerprint density at radius 1 is 1.30 bits per heavy atom. The summed E-state index contributed by atoms with van der Waals surface area (Å²) >= 11 is 0. The average Bonchev–Trinajstić information content (AvgIpc) is 2.49. The van der Waals surface area contributed by atoms with E-state index in [1.807, 2.05) is 12.1 Å². The summed E-state index contributed by atoms with van der Waals surface area (Å²) in [5.74, 6) is 1.21. The zero-order chi connectivity index (χ0) is 17.4. The number of fused-ring (bicyclic) bond motifs is 1. The lowest BCUT2D eigenvalue weighted by Crippen LogP contribution is -2.58. The number of benzene rings is 1. The molecule has 2 rings (SSSR count). The van der Waals surface area contributed by atoms with Gasteiger partial charge in [0.2, 0.25) is 0 Å². The summed E-state index contributed by atoms with van der Waals surface area (Å²) in [6.07, 6.45) is 0.993. The molecule has 0 spiro atoms. The molecule has 0 radical (unpaired) electrons. The van der Waals surface area contributed by atoms with Gasteiger partial charge in [-0.15, -0.1) is 0 Å². The molecule has 0 saturated heterocycles. The first-order chi connectivity index (χ1) is 10.7. The predicted octanol–water partition coefficient (Wildman–Crippen LogP) is 3.99. The highest BCUT2D eigenvalue weighted by molar-refractivity contribution is 5.82. The van der Waals surface area contributed by atoms with Crippen LogP contribution in [0, 0.1) is 5.92 Å². The number of hydrogen-bond acceptors (Lipinski definition) is 4. The van der Waals surface area contributed by atoms with Crippen molar-refractivity contribution in [3.05, 3.63) is 23.8 Å². The molecule has 0 aromatic heterocycles. The van der Waals surface area contributed by atoms with Crippen LogP contribution in [0.5, 0.6) is 5.75 Å². The first kappa shape index (κ1) is 17.6. The number of esters is 1. The Morgan fingerprint density at radius 2 is 1.96 bits per heavy atom. The second kappa shape index (κ2) is 6.42. The molecule has 1 aliphatic heterocycles. The molecule has 0 saturated carbocycles. The summed E-state index contributed by atoms with van der Waals surface area (Å²) < 4.78 is 10.5. The number of ether oxygens (including phenoxy) is 2. The number of methoxy groups -OCH3 is 2. The van der Waals surface area contributed by atoms with E-state index < -0.39 is 0 Å². The molecule has 4 heteroatoms. The lowest BCUT2D eigenvalue weighted by atomic mass is 9.78. The van der Waals surface area contributed by atoms with Crippen LogP contribution in [0.4, 0.5) is 5.69 Å². The quantitative estimate of drug-likeness (QED) is 0.787. The predicted molar refractivity (Wildman–Crippen MR) is 93.2 cm³/mol. The molecule has 0 fully saturated rings. The molecule has 1 aromatic carbocycles. The number of rotatable bonds is 4. The molecule has 0 N–H and O–H groups in total. The summed E-state index contributed by atoms with van der Waals surface area (Å²) in [6.45, 7) is 10.8. The third-order valence-corrected chi connectivity index (χ3v) is 4.84. The molecule has 0 aliphatic carbocycles. The van der Waals surface area contributed by atoms with Gasteiger partial charge in [0.25, 0.3) is 0 Å². The number of carbonyl (C=O) groups is 1. The van der Waals surface area contributed by atoms with Crippen molar-refractivity contribution in [1.29, 1.82) is 0 Å². The smallest absolute Gasteiger partial charge is 0.328 e. The molecule has 128 valence electrons. The number of nitrogens with zero attached hydrogens (tertiary/aromatic N) is 1. The Bertz CT molecular complexity index is 580. The van der Waals surface area contributed by atoms with E-state index in [-0.39, 0.29) is 23.5 Å². The van der Waals surface area contributed by atoms with Gasteiger partial charge in [-0.1, -0.05) is 26.8 Å². The number of carbonyl (C=O) groups excluding carboxylic acids is 1. The van der Waals surface area contributed by atoms with E-state index in [2.05, 4.69) is 45.6 Å². The van der Waals surface area contributed by atoms with Gasteiger partial charge in [0.15, 0.2) is 0 Å². The van der Waals surface area contributed by atoms with Crippen molar-refractivity contribution in [3.63, 3.8) is 0 Å². The molecule has 1 aliphatic rings. The van der Waals surface area contributed by atoms with Gasteiger partial charge >= 0.3 is 5.97 Å². The van der Waals surface area contributed by atoms with Crippen LogP contribution < -0.4 is 9.64 Å². The van der Waals surface area contributed by atoms with Crippen LogP contribution in [-0.4, -0.2) is 31.8 Å². The summed E-state index contributed by atoms with van der Waals surface area (Å²) in [5.41, 5.74) is 2.21. The van der Waals surface area contributed by atoms with Crippen LogP contribution in [-0.2, 0) is 9.53 Å². The fourth-order valence-corrected chi connectivity index (χ4v) is 3.88. The van der Waals surface area contributed by atoms with Crippen molar-refractivity contribution in [3.8, 4) is 5.75 Å². The van der Waals surface area contributed by atoms with E-state index in [1.54, 1.807) is 7.11 Å². The Morgan fingerprint density at radius 3 is 2.48 bits per heavy atom. The van der Waals surface area contributed by atoms with Crippen molar-refractivity contribution in [2.45, 2.75) is 58.5 Å². The van der Waals surface area contributed by atoms with Crippen LogP contribution in [0.25, 0.3) is 0 Å². The third-order valence-electron chi connectivity index (χ3n) is 4.84. The van der Waals surface area contributed by atoms with Gasteiger partial charge in [0.05, 0.1) is 14.2 Å². The molecule has 1 heterocycles. The van der Waals surface area contributed by atoms with E-state index >= 15 is 0 Å². The maximum Gasteiger partial charge on any atom is 0.328 e. The second-order valence-corrected chi connectivity index (χ2v) is 7.42. The topological polar surface area (TPSA) is 38.8 Å². The van der Waals surface area contributed by atoms with Gasteiger partial charge in [-0.25, -0.2) is 4.79 Å². The van der Waals surface area contributed by atoms with Crippen molar-refractivity contribution >= 4 is 11.7 Å². The van der Waals surface area contributed by atoms with Crippen LogP contribution in [0.2, 0.25) is 0 Å². The molecule has 0 amide bonds. The first-order valence-electron chi connectivity index (χ1n) is 8.28. The summed E-state index contributed by atoms with van der Waals surface area (Å²) in [5, 5.41) is 0. The third kappa shape index (κ3) is 3.17. The average molecular weight is 319 g/mol. The second-order valence-electron chi connectivity index (χ2n) is 7.42. The van der Waals surface area contributed by atoms with Crippen molar-refractivity contribution < 1.29 is 14.3 Å². The first-order valence-corrected chi connectivity index (χ1v) is 8.28. The van der Waals surface area contributed by atoms with E-state index in [0.717, 1.165) is 17.9 Å².